The van der Waals surface area contributed by atoms with E-state index in [9.17, 15) is 14.0 Å². The Hall–Kier alpha value is -1.99. The van der Waals surface area contributed by atoms with Crippen molar-refractivity contribution in [2.24, 2.45) is 0 Å². The molecule has 0 aliphatic carbocycles. The maximum absolute atomic E-state index is 13.0. The van der Waals surface area contributed by atoms with Crippen LogP contribution < -0.4 is 10.6 Å². The molecule has 2 N–H and O–H groups in total. The maximum atomic E-state index is 13.0. The van der Waals surface area contributed by atoms with E-state index >= 15 is 0 Å². The van der Waals surface area contributed by atoms with E-state index in [4.69, 9.17) is 11.6 Å². The van der Waals surface area contributed by atoms with Gasteiger partial charge in [-0.3, -0.25) is 9.59 Å². The lowest BCUT2D eigenvalue weighted by atomic mass is 10.2. The molecule has 1 aromatic heterocycles. The van der Waals surface area contributed by atoms with Crippen molar-refractivity contribution in [1.82, 2.24) is 4.98 Å². The van der Waals surface area contributed by atoms with Gasteiger partial charge in [0, 0.05) is 18.0 Å². The van der Waals surface area contributed by atoms with Crippen LogP contribution in [0.1, 0.15) is 12.6 Å². The number of thiazole rings is 1. The van der Waals surface area contributed by atoms with E-state index in [1.54, 1.807) is 5.38 Å². The number of amides is 2. The second-order valence-electron chi connectivity index (χ2n) is 4.18. The molecule has 0 radical (unpaired) electrons. The lowest BCUT2D eigenvalue weighted by molar-refractivity contribution is -0.116. The lowest BCUT2D eigenvalue weighted by Gasteiger charge is -2.04. The average Bonchev–Trinajstić information content (AvgIpc) is 2.80. The molecule has 0 aliphatic heterocycles. The van der Waals surface area contributed by atoms with Crippen molar-refractivity contribution in [2.75, 3.05) is 10.6 Å². The first-order chi connectivity index (χ1) is 9.94. The Labute approximate surface area is 129 Å². The van der Waals surface area contributed by atoms with Crippen molar-refractivity contribution in [3.05, 3.63) is 40.1 Å². The maximum Gasteiger partial charge on any atom is 0.230 e. The molecule has 5 nitrogen and oxygen atoms in total. The van der Waals surface area contributed by atoms with Crippen molar-refractivity contribution in [1.29, 1.82) is 0 Å². The van der Waals surface area contributed by atoms with E-state index in [-0.39, 0.29) is 23.3 Å². The fourth-order valence-corrected chi connectivity index (χ4v) is 2.48. The highest BCUT2D eigenvalue weighted by Gasteiger charge is 2.10. The minimum Gasteiger partial charge on any atom is -0.326 e. The molecule has 1 heterocycles. The first-order valence-electron chi connectivity index (χ1n) is 5.91. The molecule has 21 heavy (non-hydrogen) atoms. The predicted octanol–water partition coefficient (Wildman–Crippen LogP) is 3.08. The number of aromatic nitrogens is 1. The van der Waals surface area contributed by atoms with Gasteiger partial charge >= 0.3 is 0 Å². The molecule has 0 fully saturated rings. The van der Waals surface area contributed by atoms with E-state index in [0.717, 1.165) is 0 Å². The van der Waals surface area contributed by atoms with Gasteiger partial charge in [0.15, 0.2) is 5.13 Å². The van der Waals surface area contributed by atoms with Crippen LogP contribution in [-0.2, 0) is 16.0 Å². The first kappa shape index (κ1) is 15.4. The van der Waals surface area contributed by atoms with Crippen LogP contribution in [-0.4, -0.2) is 16.8 Å². The Morgan fingerprint density at radius 3 is 2.81 bits per heavy atom. The van der Waals surface area contributed by atoms with Crippen molar-refractivity contribution in [2.45, 2.75) is 13.3 Å². The zero-order valence-corrected chi connectivity index (χ0v) is 12.5. The van der Waals surface area contributed by atoms with Crippen LogP contribution in [0.25, 0.3) is 0 Å². The van der Waals surface area contributed by atoms with Crippen LogP contribution in [0, 0.1) is 5.82 Å². The van der Waals surface area contributed by atoms with Gasteiger partial charge in [0.2, 0.25) is 11.8 Å². The number of hydrogen-bond donors (Lipinski definition) is 2. The van der Waals surface area contributed by atoms with E-state index in [1.165, 1.54) is 36.5 Å². The first-order valence-corrected chi connectivity index (χ1v) is 7.16. The summed E-state index contributed by atoms with van der Waals surface area (Å²) in [6, 6.07) is 3.93. The quantitative estimate of drug-likeness (QED) is 0.906. The summed E-state index contributed by atoms with van der Waals surface area (Å²) in [4.78, 5) is 26.8. The van der Waals surface area contributed by atoms with Gasteiger partial charge in [-0.15, -0.1) is 11.3 Å². The van der Waals surface area contributed by atoms with Crippen molar-refractivity contribution >= 4 is 45.6 Å². The third-order valence-electron chi connectivity index (χ3n) is 2.38. The Kier molecular flexibility index (Phi) is 4.87. The summed E-state index contributed by atoms with van der Waals surface area (Å²) in [7, 11) is 0. The summed E-state index contributed by atoms with van der Waals surface area (Å²) in [5, 5.41) is 7.20. The molecule has 110 valence electrons. The summed E-state index contributed by atoms with van der Waals surface area (Å²) in [6.07, 6.45) is 0.0467. The second-order valence-corrected chi connectivity index (χ2v) is 5.44. The highest BCUT2D eigenvalue weighted by atomic mass is 35.5. The Morgan fingerprint density at radius 1 is 1.38 bits per heavy atom. The molecule has 2 aromatic rings. The zero-order chi connectivity index (χ0) is 15.4. The minimum atomic E-state index is -0.547. The zero-order valence-electron chi connectivity index (χ0n) is 10.9. The van der Waals surface area contributed by atoms with Crippen LogP contribution in [0.5, 0.6) is 0 Å². The number of halogens is 2. The number of anilines is 2. The second kappa shape index (κ2) is 6.64. The Balaban J connectivity index is 1.96. The Bertz CT molecular complexity index is 690. The van der Waals surface area contributed by atoms with Crippen molar-refractivity contribution < 1.29 is 14.0 Å². The standard InChI is InChI=1S/C13H11ClFN3O2S/c1-7(19)16-13-18-9(6-21-13)5-12(20)17-8-2-3-11(15)10(14)4-8/h2-4,6H,5H2,1H3,(H,17,20)(H,16,18,19). The topological polar surface area (TPSA) is 71.1 Å². The number of nitrogens with one attached hydrogen (secondary N) is 2. The molecule has 0 saturated heterocycles. The molecule has 0 bridgehead atoms. The lowest BCUT2D eigenvalue weighted by Crippen LogP contribution is -2.14. The molecule has 2 rings (SSSR count). The molecule has 0 saturated carbocycles. The van der Waals surface area contributed by atoms with Crippen molar-refractivity contribution in [3.63, 3.8) is 0 Å². The van der Waals surface area contributed by atoms with Gasteiger partial charge < -0.3 is 10.6 Å². The van der Waals surface area contributed by atoms with Crippen LogP contribution in [0.2, 0.25) is 5.02 Å². The summed E-state index contributed by atoms with van der Waals surface area (Å²) >= 11 is 6.87. The number of hydrogen-bond acceptors (Lipinski definition) is 4. The third kappa shape index (κ3) is 4.51. The molecular weight excluding hydrogens is 317 g/mol. The molecule has 0 spiro atoms. The molecule has 8 heteroatoms. The van der Waals surface area contributed by atoms with Gasteiger partial charge in [0.05, 0.1) is 17.1 Å². The fraction of sp³-hybridized carbons (Fsp3) is 0.154. The van der Waals surface area contributed by atoms with E-state index in [0.29, 0.717) is 16.5 Å². The van der Waals surface area contributed by atoms with Gasteiger partial charge in [0.25, 0.3) is 0 Å². The number of benzene rings is 1. The summed E-state index contributed by atoms with van der Waals surface area (Å²) in [5.41, 5.74) is 0.943. The number of rotatable bonds is 4. The van der Waals surface area contributed by atoms with E-state index in [2.05, 4.69) is 15.6 Å². The molecular formula is C13H11ClFN3O2S. The SMILES string of the molecule is CC(=O)Nc1nc(CC(=O)Nc2ccc(F)c(Cl)c2)cs1. The highest BCUT2D eigenvalue weighted by molar-refractivity contribution is 7.13. The molecule has 0 unspecified atom stereocenters. The largest absolute Gasteiger partial charge is 0.326 e. The van der Waals surface area contributed by atoms with Crippen molar-refractivity contribution in [3.8, 4) is 0 Å². The smallest absolute Gasteiger partial charge is 0.230 e. The van der Waals surface area contributed by atoms with Gasteiger partial charge in [0.1, 0.15) is 5.82 Å². The van der Waals surface area contributed by atoms with Gasteiger partial charge in [-0.25, -0.2) is 9.37 Å². The van der Waals surface area contributed by atoms with Crippen LogP contribution >= 0.6 is 22.9 Å². The molecule has 0 aliphatic rings. The molecule has 1 aromatic carbocycles. The normalized spacial score (nSPS) is 10.2. The van der Waals surface area contributed by atoms with Gasteiger partial charge in [-0.2, -0.15) is 0 Å². The number of carbonyl (C=O) groups is 2. The summed E-state index contributed by atoms with van der Waals surface area (Å²) in [6.45, 7) is 1.38. The number of carbonyl (C=O) groups excluding carboxylic acids is 2. The van der Waals surface area contributed by atoms with E-state index < -0.39 is 5.82 Å². The fourth-order valence-electron chi connectivity index (χ4n) is 1.54. The summed E-state index contributed by atoms with van der Waals surface area (Å²) < 4.78 is 13.0. The average molecular weight is 328 g/mol. The van der Waals surface area contributed by atoms with Gasteiger partial charge in [-0.05, 0) is 18.2 Å². The number of nitrogens with zero attached hydrogens (tertiary/aromatic N) is 1. The van der Waals surface area contributed by atoms with Crippen LogP contribution in [0.3, 0.4) is 0 Å². The highest BCUT2D eigenvalue weighted by Crippen LogP contribution is 2.20. The monoisotopic (exact) mass is 327 g/mol. The predicted molar refractivity (Wildman–Crippen MR) is 80.2 cm³/mol. The molecule has 0 atom stereocenters. The van der Waals surface area contributed by atoms with Crippen LogP contribution in [0.15, 0.2) is 23.6 Å². The minimum absolute atomic E-state index is 0.0467. The summed E-state index contributed by atoms with van der Waals surface area (Å²) in [5.74, 6) is -1.08. The van der Waals surface area contributed by atoms with E-state index in [1.807, 2.05) is 0 Å². The Morgan fingerprint density at radius 2 is 2.14 bits per heavy atom. The third-order valence-corrected chi connectivity index (χ3v) is 3.48. The van der Waals surface area contributed by atoms with Gasteiger partial charge in [-0.1, -0.05) is 11.6 Å². The van der Waals surface area contributed by atoms with Crippen LogP contribution in [0.4, 0.5) is 15.2 Å². The molecule has 2 amide bonds.